The topological polar surface area (TPSA) is 74.8 Å². The van der Waals surface area contributed by atoms with Gasteiger partial charge in [-0.05, 0) is 32.1 Å². The van der Waals surface area contributed by atoms with Crippen molar-refractivity contribution in [2.45, 2.75) is 33.4 Å². The number of aryl methyl sites for hydroxylation is 1. The predicted octanol–water partition coefficient (Wildman–Crippen LogP) is 2.85. The summed E-state index contributed by atoms with van der Waals surface area (Å²) in [4.78, 5) is 14.1. The van der Waals surface area contributed by atoms with Crippen LogP contribution in [-0.4, -0.2) is 44.3 Å². The maximum atomic E-state index is 12.8. The van der Waals surface area contributed by atoms with Gasteiger partial charge in [0.05, 0.1) is 12.6 Å². The van der Waals surface area contributed by atoms with Crippen LogP contribution in [0, 0.1) is 13.8 Å². The van der Waals surface area contributed by atoms with Crippen LogP contribution in [0.4, 0.5) is 0 Å². The Hall–Kier alpha value is -2.80. The lowest BCUT2D eigenvalue weighted by molar-refractivity contribution is 0.0960. The standard InChI is InChI=1S/C19H23N5O2/c1-13-10-17(15(3)24(13)14(2)12-26-4)18(25)11-23-21-19(20-22-23)16-8-6-5-7-9-16/h5-10,14H,11-12H2,1-4H3. The van der Waals surface area contributed by atoms with Gasteiger partial charge in [-0.1, -0.05) is 30.3 Å². The molecule has 0 N–H and O–H groups in total. The molecule has 0 spiro atoms. The van der Waals surface area contributed by atoms with Crippen LogP contribution in [-0.2, 0) is 11.3 Å². The van der Waals surface area contributed by atoms with E-state index in [4.69, 9.17) is 4.74 Å². The Morgan fingerprint density at radius 2 is 1.96 bits per heavy atom. The first-order valence-corrected chi connectivity index (χ1v) is 8.55. The molecular weight excluding hydrogens is 330 g/mol. The third-order valence-electron chi connectivity index (χ3n) is 4.40. The molecule has 0 saturated carbocycles. The molecule has 3 rings (SSSR count). The van der Waals surface area contributed by atoms with E-state index in [1.807, 2.05) is 50.2 Å². The number of carbonyl (C=O) groups is 1. The Kier molecular flexibility index (Phi) is 5.27. The fourth-order valence-electron chi connectivity index (χ4n) is 3.28. The van der Waals surface area contributed by atoms with E-state index in [1.165, 1.54) is 4.80 Å². The monoisotopic (exact) mass is 353 g/mol. The van der Waals surface area contributed by atoms with Gasteiger partial charge in [-0.2, -0.15) is 4.80 Å². The summed E-state index contributed by atoms with van der Waals surface area (Å²) in [6, 6.07) is 11.7. The van der Waals surface area contributed by atoms with E-state index in [9.17, 15) is 4.79 Å². The van der Waals surface area contributed by atoms with Gasteiger partial charge >= 0.3 is 0 Å². The zero-order valence-electron chi connectivity index (χ0n) is 15.5. The number of ether oxygens (including phenoxy) is 1. The lowest BCUT2D eigenvalue weighted by atomic mass is 10.1. The second kappa shape index (κ2) is 7.61. The van der Waals surface area contributed by atoms with Crippen LogP contribution >= 0.6 is 0 Å². The van der Waals surface area contributed by atoms with Crippen LogP contribution in [0.25, 0.3) is 11.4 Å². The molecule has 2 aromatic heterocycles. The molecule has 0 amide bonds. The molecule has 26 heavy (non-hydrogen) atoms. The van der Waals surface area contributed by atoms with Gasteiger partial charge in [0.25, 0.3) is 0 Å². The zero-order valence-corrected chi connectivity index (χ0v) is 15.5. The highest BCUT2D eigenvalue weighted by atomic mass is 16.5. The van der Waals surface area contributed by atoms with Gasteiger partial charge in [-0.25, -0.2) is 0 Å². The molecule has 0 aliphatic heterocycles. The van der Waals surface area contributed by atoms with Gasteiger partial charge < -0.3 is 9.30 Å². The molecule has 1 aromatic carbocycles. The highest BCUT2D eigenvalue weighted by Crippen LogP contribution is 2.21. The molecule has 1 unspecified atom stereocenters. The van der Waals surface area contributed by atoms with Gasteiger partial charge in [-0.3, -0.25) is 4.79 Å². The molecule has 1 atom stereocenters. The first kappa shape index (κ1) is 18.0. The summed E-state index contributed by atoms with van der Waals surface area (Å²) in [6.45, 7) is 6.68. The van der Waals surface area contributed by atoms with E-state index in [-0.39, 0.29) is 18.4 Å². The van der Waals surface area contributed by atoms with Crippen LogP contribution < -0.4 is 0 Å². The molecule has 0 radical (unpaired) electrons. The third kappa shape index (κ3) is 3.57. The Balaban J connectivity index is 1.79. The Labute approximate surface area is 152 Å². The number of hydrogen-bond acceptors (Lipinski definition) is 5. The minimum atomic E-state index is -0.0361. The van der Waals surface area contributed by atoms with Crippen molar-refractivity contribution in [3.8, 4) is 11.4 Å². The largest absolute Gasteiger partial charge is 0.383 e. The molecular formula is C19H23N5O2. The number of benzene rings is 1. The van der Waals surface area contributed by atoms with E-state index in [2.05, 4.69) is 26.9 Å². The Morgan fingerprint density at radius 3 is 2.65 bits per heavy atom. The average Bonchev–Trinajstić information content (AvgIpc) is 3.20. The molecule has 7 nitrogen and oxygen atoms in total. The highest BCUT2D eigenvalue weighted by Gasteiger charge is 2.20. The summed E-state index contributed by atoms with van der Waals surface area (Å²) in [5.41, 5.74) is 3.52. The van der Waals surface area contributed by atoms with Gasteiger partial charge in [0, 0.05) is 29.6 Å². The van der Waals surface area contributed by atoms with E-state index in [1.54, 1.807) is 7.11 Å². The third-order valence-corrected chi connectivity index (χ3v) is 4.40. The number of nitrogens with zero attached hydrogens (tertiary/aromatic N) is 5. The number of hydrogen-bond donors (Lipinski definition) is 0. The van der Waals surface area contributed by atoms with Crippen LogP contribution in [0.15, 0.2) is 36.4 Å². The Bertz CT molecular complexity index is 898. The molecule has 7 heteroatoms. The minimum absolute atomic E-state index is 0.0361. The molecule has 0 saturated heterocycles. The van der Waals surface area contributed by atoms with Gasteiger partial charge in [0.15, 0.2) is 5.78 Å². The summed E-state index contributed by atoms with van der Waals surface area (Å²) >= 11 is 0. The van der Waals surface area contributed by atoms with Crippen molar-refractivity contribution in [2.24, 2.45) is 0 Å². The predicted molar refractivity (Wildman–Crippen MR) is 98.1 cm³/mol. The molecule has 0 bridgehead atoms. The summed E-state index contributed by atoms with van der Waals surface area (Å²) < 4.78 is 7.37. The molecule has 0 fully saturated rings. The maximum absolute atomic E-state index is 12.8. The normalized spacial score (nSPS) is 12.3. The van der Waals surface area contributed by atoms with E-state index < -0.39 is 0 Å². The maximum Gasteiger partial charge on any atom is 0.204 e. The fraction of sp³-hybridized carbons (Fsp3) is 0.368. The minimum Gasteiger partial charge on any atom is -0.383 e. The van der Waals surface area contributed by atoms with Crippen molar-refractivity contribution in [3.05, 3.63) is 53.3 Å². The number of ketones is 1. The van der Waals surface area contributed by atoms with E-state index in [0.717, 1.165) is 17.0 Å². The van der Waals surface area contributed by atoms with Crippen molar-refractivity contribution in [3.63, 3.8) is 0 Å². The van der Waals surface area contributed by atoms with Crippen molar-refractivity contribution >= 4 is 5.78 Å². The van der Waals surface area contributed by atoms with Crippen LogP contribution in [0.1, 0.15) is 34.7 Å². The van der Waals surface area contributed by atoms with Crippen molar-refractivity contribution in [2.75, 3.05) is 13.7 Å². The van der Waals surface area contributed by atoms with E-state index in [0.29, 0.717) is 18.0 Å². The lowest BCUT2D eigenvalue weighted by Gasteiger charge is -2.17. The number of tetrazole rings is 1. The number of rotatable bonds is 7. The van der Waals surface area contributed by atoms with Crippen LogP contribution in [0.3, 0.4) is 0 Å². The summed E-state index contributed by atoms with van der Waals surface area (Å²) in [6.07, 6.45) is 0. The molecule has 136 valence electrons. The highest BCUT2D eigenvalue weighted by molar-refractivity contribution is 5.97. The van der Waals surface area contributed by atoms with Crippen molar-refractivity contribution in [1.29, 1.82) is 0 Å². The van der Waals surface area contributed by atoms with Gasteiger partial charge in [0.2, 0.25) is 5.82 Å². The summed E-state index contributed by atoms with van der Waals surface area (Å²) in [5, 5.41) is 12.4. The quantitative estimate of drug-likeness (QED) is 0.611. The molecule has 3 aromatic rings. The summed E-state index contributed by atoms with van der Waals surface area (Å²) in [7, 11) is 1.68. The molecule has 0 aliphatic rings. The van der Waals surface area contributed by atoms with Crippen molar-refractivity contribution in [1.82, 2.24) is 24.8 Å². The molecule has 2 heterocycles. The molecule has 0 aliphatic carbocycles. The first-order valence-electron chi connectivity index (χ1n) is 8.55. The number of methoxy groups -OCH3 is 1. The average molecular weight is 353 g/mol. The SMILES string of the molecule is COCC(C)n1c(C)cc(C(=O)Cn2nnc(-c3ccccc3)n2)c1C. The van der Waals surface area contributed by atoms with Crippen LogP contribution in [0.5, 0.6) is 0 Å². The fourth-order valence-corrected chi connectivity index (χ4v) is 3.28. The second-order valence-electron chi connectivity index (χ2n) is 6.39. The van der Waals surface area contributed by atoms with Gasteiger partial charge in [0.1, 0.15) is 6.54 Å². The number of aromatic nitrogens is 5. The Morgan fingerprint density at radius 1 is 1.23 bits per heavy atom. The number of Topliss-reactive ketones (excluding diaryl/α,β-unsaturated/α-hetero) is 1. The van der Waals surface area contributed by atoms with E-state index >= 15 is 0 Å². The van der Waals surface area contributed by atoms with Crippen LogP contribution in [0.2, 0.25) is 0 Å². The van der Waals surface area contributed by atoms with Crippen molar-refractivity contribution < 1.29 is 9.53 Å². The second-order valence-corrected chi connectivity index (χ2v) is 6.39. The zero-order chi connectivity index (χ0) is 18.7. The summed E-state index contributed by atoms with van der Waals surface area (Å²) in [5.74, 6) is 0.476. The number of carbonyl (C=O) groups excluding carboxylic acids is 1. The smallest absolute Gasteiger partial charge is 0.204 e. The first-order chi connectivity index (χ1) is 12.5. The van der Waals surface area contributed by atoms with Gasteiger partial charge in [-0.15, -0.1) is 10.2 Å². The lowest BCUT2D eigenvalue weighted by Crippen LogP contribution is -2.16.